The van der Waals surface area contributed by atoms with Crippen molar-refractivity contribution in [3.8, 4) is 11.8 Å². The van der Waals surface area contributed by atoms with Gasteiger partial charge in [-0.05, 0) is 42.0 Å². The summed E-state index contributed by atoms with van der Waals surface area (Å²) in [7, 11) is 0. The third kappa shape index (κ3) is 4.05. The van der Waals surface area contributed by atoms with Crippen LogP contribution in [0, 0.1) is 23.5 Å². The van der Waals surface area contributed by atoms with Crippen LogP contribution < -0.4 is 5.32 Å². The second-order valence-electron chi connectivity index (χ2n) is 6.35. The first kappa shape index (κ1) is 18.9. The fourth-order valence-corrected chi connectivity index (χ4v) is 3.24. The van der Waals surface area contributed by atoms with E-state index in [2.05, 4.69) is 22.1 Å². The molecule has 7 heteroatoms. The topological polar surface area (TPSA) is 51.2 Å². The van der Waals surface area contributed by atoms with E-state index in [1.807, 2.05) is 12.1 Å². The lowest BCUT2D eigenvalue weighted by molar-refractivity contribution is 0.130. The number of nitrogens with zero attached hydrogens (tertiary/aromatic N) is 1. The summed E-state index contributed by atoms with van der Waals surface area (Å²) in [6.45, 7) is 0. The summed E-state index contributed by atoms with van der Waals surface area (Å²) in [4.78, 5) is 16.0. The first-order valence-corrected chi connectivity index (χ1v) is 9.02. The maximum Gasteiger partial charge on any atom is 0.408 e. The quantitative estimate of drug-likeness (QED) is 0.609. The summed E-state index contributed by atoms with van der Waals surface area (Å²) >= 11 is 6.11. The molecule has 1 N–H and O–H groups in total. The van der Waals surface area contributed by atoms with Gasteiger partial charge in [-0.2, -0.15) is 0 Å². The molecule has 1 aliphatic rings. The van der Waals surface area contributed by atoms with Crippen molar-refractivity contribution < 1.29 is 18.3 Å². The van der Waals surface area contributed by atoms with Gasteiger partial charge in [0.25, 0.3) is 0 Å². The number of carbonyl (C=O) groups excluding carboxylic acids is 1. The smallest absolute Gasteiger partial charge is 0.408 e. The Bertz CT molecular complexity index is 1160. The molecule has 4 rings (SSSR count). The third-order valence-electron chi connectivity index (χ3n) is 4.41. The van der Waals surface area contributed by atoms with Gasteiger partial charge < -0.3 is 10.1 Å². The van der Waals surface area contributed by atoms with Gasteiger partial charge in [-0.25, -0.2) is 13.6 Å². The number of carbonyl (C=O) groups is 1. The van der Waals surface area contributed by atoms with Gasteiger partial charge in [-0.1, -0.05) is 35.6 Å². The molecule has 1 aliphatic heterocycles. The van der Waals surface area contributed by atoms with E-state index in [0.29, 0.717) is 21.7 Å². The number of rotatable bonds is 2. The maximum absolute atomic E-state index is 14.2. The van der Waals surface area contributed by atoms with Gasteiger partial charge in [-0.3, -0.25) is 4.98 Å². The third-order valence-corrected chi connectivity index (χ3v) is 4.74. The Kier molecular flexibility index (Phi) is 5.15. The molecule has 1 fully saturated rings. The lowest BCUT2D eigenvalue weighted by atomic mass is 9.96. The molecule has 144 valence electrons. The molecule has 0 unspecified atom stereocenters. The molecule has 0 saturated carbocycles. The molecule has 1 saturated heterocycles. The summed E-state index contributed by atoms with van der Waals surface area (Å²) in [6, 6.07) is 11.2. The molecule has 2 heterocycles. The fourth-order valence-electron chi connectivity index (χ4n) is 3.05. The Morgan fingerprint density at radius 1 is 1.07 bits per heavy atom. The molecule has 0 aliphatic carbocycles. The largest absolute Gasteiger partial charge is 0.439 e. The van der Waals surface area contributed by atoms with Crippen LogP contribution in [0.3, 0.4) is 0 Å². The van der Waals surface area contributed by atoms with Gasteiger partial charge in [0, 0.05) is 29.1 Å². The highest BCUT2D eigenvalue weighted by atomic mass is 35.5. The zero-order valence-corrected chi connectivity index (χ0v) is 15.6. The highest BCUT2D eigenvalue weighted by Gasteiger charge is 2.38. The number of nitrogens with one attached hydrogen (secondary N) is 1. The average molecular weight is 411 g/mol. The van der Waals surface area contributed by atoms with Crippen molar-refractivity contribution >= 4 is 17.7 Å². The zero-order chi connectivity index (χ0) is 20.4. The van der Waals surface area contributed by atoms with E-state index in [1.165, 1.54) is 6.20 Å². The van der Waals surface area contributed by atoms with E-state index in [9.17, 15) is 13.6 Å². The second-order valence-corrected chi connectivity index (χ2v) is 6.76. The minimum atomic E-state index is -1.04. The van der Waals surface area contributed by atoms with E-state index in [-0.39, 0.29) is 5.56 Å². The zero-order valence-electron chi connectivity index (χ0n) is 14.8. The molecule has 4 nitrogen and oxygen atoms in total. The van der Waals surface area contributed by atoms with Crippen molar-refractivity contribution in [2.75, 3.05) is 0 Å². The number of amides is 1. The monoisotopic (exact) mass is 410 g/mol. The van der Waals surface area contributed by atoms with Crippen LogP contribution in [-0.4, -0.2) is 11.1 Å². The number of hydrogen-bond donors (Lipinski definition) is 1. The van der Waals surface area contributed by atoms with Gasteiger partial charge in [0.05, 0.1) is 5.02 Å². The lowest BCUT2D eigenvalue weighted by Gasteiger charge is -2.18. The lowest BCUT2D eigenvalue weighted by Crippen LogP contribution is -2.20. The molecular weight excluding hydrogens is 398 g/mol. The number of benzene rings is 2. The predicted octanol–water partition coefficient (Wildman–Crippen LogP) is 4.94. The van der Waals surface area contributed by atoms with Crippen molar-refractivity contribution in [3.05, 3.63) is 99.8 Å². The minimum Gasteiger partial charge on any atom is -0.439 e. The summed E-state index contributed by atoms with van der Waals surface area (Å²) < 4.78 is 33.0. The number of aromatic nitrogens is 1. The van der Waals surface area contributed by atoms with Crippen LogP contribution in [-0.2, 0) is 4.74 Å². The van der Waals surface area contributed by atoms with Gasteiger partial charge in [0.1, 0.15) is 17.7 Å². The van der Waals surface area contributed by atoms with E-state index < -0.39 is 29.9 Å². The highest BCUT2D eigenvalue weighted by molar-refractivity contribution is 6.31. The number of alkyl carbamates (subject to hydrolysis) is 1. The van der Waals surface area contributed by atoms with Crippen molar-refractivity contribution in [2.24, 2.45) is 0 Å². The van der Waals surface area contributed by atoms with Crippen LogP contribution in [0.2, 0.25) is 5.02 Å². The Labute approximate surface area is 170 Å². The van der Waals surface area contributed by atoms with E-state index >= 15 is 0 Å². The number of pyridine rings is 1. The van der Waals surface area contributed by atoms with E-state index in [4.69, 9.17) is 16.3 Å². The van der Waals surface area contributed by atoms with Crippen LogP contribution in [0.5, 0.6) is 0 Å². The molecule has 0 radical (unpaired) electrons. The highest BCUT2D eigenvalue weighted by Crippen LogP contribution is 2.38. The fraction of sp³-hybridized carbons (Fsp3) is 0.0909. The van der Waals surface area contributed by atoms with Crippen LogP contribution in [0.25, 0.3) is 0 Å². The molecular formula is C22H13ClF2N2O2. The molecule has 0 spiro atoms. The number of cyclic esters (lactones) is 1. The van der Waals surface area contributed by atoms with E-state index in [0.717, 1.165) is 18.2 Å². The molecule has 0 bridgehead atoms. The molecule has 1 amide bonds. The van der Waals surface area contributed by atoms with Gasteiger partial charge >= 0.3 is 6.09 Å². The summed E-state index contributed by atoms with van der Waals surface area (Å²) in [6.07, 6.45) is 1.32. The molecule has 2 atom stereocenters. The normalized spacial score (nSPS) is 17.8. The van der Waals surface area contributed by atoms with Gasteiger partial charge in [-0.15, -0.1) is 0 Å². The molecule has 3 aromatic rings. The number of ether oxygens (including phenoxy) is 1. The molecule has 2 aromatic carbocycles. The van der Waals surface area contributed by atoms with Crippen LogP contribution in [0.4, 0.5) is 13.6 Å². The number of halogens is 3. The van der Waals surface area contributed by atoms with Crippen molar-refractivity contribution in [1.29, 1.82) is 0 Å². The van der Waals surface area contributed by atoms with Crippen molar-refractivity contribution in [3.63, 3.8) is 0 Å². The first-order valence-electron chi connectivity index (χ1n) is 8.65. The summed E-state index contributed by atoms with van der Waals surface area (Å²) in [5.41, 5.74) is 1.73. The van der Waals surface area contributed by atoms with Gasteiger partial charge in [0.2, 0.25) is 0 Å². The van der Waals surface area contributed by atoms with Crippen LogP contribution in [0.1, 0.15) is 34.4 Å². The standard InChI is InChI=1S/C22H13ClF2N2O2/c23-18-4-2-1-3-14(18)6-5-13-9-15(12-26-11-13)20-21(29-22(28)27-20)17-10-16(24)7-8-19(17)25/h1-4,7-12,20-21H,(H,27,28)/t20-,21-/m1/s1. The first-order chi connectivity index (χ1) is 14.0. The average Bonchev–Trinajstić information content (AvgIpc) is 3.11. The Morgan fingerprint density at radius 2 is 1.90 bits per heavy atom. The predicted molar refractivity (Wildman–Crippen MR) is 103 cm³/mol. The van der Waals surface area contributed by atoms with Crippen molar-refractivity contribution in [1.82, 2.24) is 10.3 Å². The molecule has 1 aromatic heterocycles. The second kappa shape index (κ2) is 7.90. The van der Waals surface area contributed by atoms with Crippen LogP contribution in [0.15, 0.2) is 60.9 Å². The maximum atomic E-state index is 14.2. The molecule has 29 heavy (non-hydrogen) atoms. The number of hydrogen-bond acceptors (Lipinski definition) is 3. The van der Waals surface area contributed by atoms with Crippen molar-refractivity contribution in [2.45, 2.75) is 12.1 Å². The summed E-state index contributed by atoms with van der Waals surface area (Å²) in [5.74, 6) is 4.64. The van der Waals surface area contributed by atoms with Crippen LogP contribution >= 0.6 is 11.6 Å². The van der Waals surface area contributed by atoms with Gasteiger partial charge in [0.15, 0.2) is 6.10 Å². The minimum absolute atomic E-state index is 0.0547. The SMILES string of the molecule is O=C1N[C@H](c2cncc(C#Cc3ccccc3Cl)c2)[C@@H](c2cc(F)ccc2F)O1. The Balaban J connectivity index is 1.67. The Hall–Kier alpha value is -3.43. The van der Waals surface area contributed by atoms with E-state index in [1.54, 1.807) is 24.4 Å². The Morgan fingerprint density at radius 3 is 2.72 bits per heavy atom. The summed E-state index contributed by atoms with van der Waals surface area (Å²) in [5, 5.41) is 3.15.